The number of hydrazone groups is 1. The van der Waals surface area contributed by atoms with Crippen LogP contribution < -0.4 is 17.0 Å². The second-order valence-corrected chi connectivity index (χ2v) is 9.20. The van der Waals surface area contributed by atoms with Gasteiger partial charge in [-0.15, -0.1) is 5.10 Å². The van der Waals surface area contributed by atoms with E-state index in [1.54, 1.807) is 19.2 Å². The average molecular weight is 578 g/mol. The molecule has 3 aromatic rings. The maximum absolute atomic E-state index is 9.98. The number of hydrazine groups is 2. The predicted molar refractivity (Wildman–Crippen MR) is 164 cm³/mol. The SMILES string of the molecule is CC.CCCCN(CC)NC=O.Cc1nc(-c2ccc(Cl)cc2Cl)n(-c2ccc(/C(N)=N/N(C)N)cc2)c1C. The molecule has 0 aliphatic rings. The Hall–Kier alpha value is -3.11. The summed E-state index contributed by atoms with van der Waals surface area (Å²) in [6.45, 7) is 14.0. The number of carbonyl (C=O) groups excluding carboxylic acids is 1. The maximum atomic E-state index is 9.98. The molecule has 3 rings (SSSR count). The zero-order valence-electron chi connectivity index (χ0n) is 24.0. The van der Waals surface area contributed by atoms with Crippen molar-refractivity contribution in [3.05, 3.63) is 69.5 Å². The van der Waals surface area contributed by atoms with E-state index < -0.39 is 0 Å². The lowest BCUT2D eigenvalue weighted by Crippen LogP contribution is -2.37. The number of halogens is 2. The Morgan fingerprint density at radius 1 is 1.13 bits per heavy atom. The fourth-order valence-corrected chi connectivity index (χ4v) is 4.02. The molecule has 0 fully saturated rings. The number of nitrogens with two attached hydrogens (primary N) is 2. The first-order valence-electron chi connectivity index (χ1n) is 13.0. The number of hydrogen-bond acceptors (Lipinski definition) is 6. The fraction of sp³-hybridized carbons (Fsp3) is 0.393. The molecule has 0 unspecified atom stereocenters. The van der Waals surface area contributed by atoms with E-state index in [2.05, 4.69) is 22.0 Å². The molecule has 214 valence electrons. The van der Waals surface area contributed by atoms with Crippen LogP contribution in [-0.2, 0) is 4.79 Å². The number of amidine groups is 1. The monoisotopic (exact) mass is 576 g/mol. The Labute approximate surface area is 242 Å². The van der Waals surface area contributed by atoms with Gasteiger partial charge in [-0.05, 0) is 62.7 Å². The summed E-state index contributed by atoms with van der Waals surface area (Å²) in [5.41, 5.74) is 13.0. The molecule has 0 saturated carbocycles. The third-order valence-corrected chi connectivity index (χ3v) is 6.15. The maximum Gasteiger partial charge on any atom is 0.221 e. The molecule has 0 aliphatic heterocycles. The Balaban J connectivity index is 0.000000537. The number of benzene rings is 2. The van der Waals surface area contributed by atoms with E-state index in [-0.39, 0.29) is 0 Å². The lowest BCUT2D eigenvalue weighted by Gasteiger charge is -2.17. The molecular formula is C28H42Cl2N8O. The van der Waals surface area contributed by atoms with E-state index in [9.17, 15) is 4.79 Å². The van der Waals surface area contributed by atoms with Gasteiger partial charge in [0.25, 0.3) is 0 Å². The van der Waals surface area contributed by atoms with E-state index in [1.165, 1.54) is 5.12 Å². The molecule has 39 heavy (non-hydrogen) atoms. The molecule has 0 atom stereocenters. The van der Waals surface area contributed by atoms with Crippen LogP contribution in [0.2, 0.25) is 10.0 Å². The number of imidazole rings is 1. The van der Waals surface area contributed by atoms with Gasteiger partial charge in [-0.1, -0.05) is 57.3 Å². The van der Waals surface area contributed by atoms with Crippen molar-refractivity contribution in [1.82, 2.24) is 25.1 Å². The number of hydrogen-bond donors (Lipinski definition) is 3. The molecule has 0 aliphatic carbocycles. The lowest BCUT2D eigenvalue weighted by molar-refractivity contribution is -0.113. The van der Waals surface area contributed by atoms with Gasteiger partial charge in [-0.2, -0.15) is 0 Å². The van der Waals surface area contributed by atoms with Crippen molar-refractivity contribution in [2.75, 3.05) is 20.1 Å². The Morgan fingerprint density at radius 2 is 1.77 bits per heavy atom. The molecule has 0 bridgehead atoms. The van der Waals surface area contributed by atoms with Gasteiger partial charge in [0.05, 0.1) is 10.7 Å². The number of unbranched alkanes of at least 4 members (excludes halogenated alkanes) is 1. The summed E-state index contributed by atoms with van der Waals surface area (Å²) in [6.07, 6.45) is 3.02. The number of nitrogens with zero attached hydrogens (tertiary/aromatic N) is 5. The highest BCUT2D eigenvalue weighted by molar-refractivity contribution is 6.36. The highest BCUT2D eigenvalue weighted by Crippen LogP contribution is 2.33. The third kappa shape index (κ3) is 10.2. The molecule has 1 amide bonds. The van der Waals surface area contributed by atoms with Gasteiger partial charge in [0, 0.05) is 47.7 Å². The van der Waals surface area contributed by atoms with Gasteiger partial charge in [-0.3, -0.25) is 14.8 Å². The van der Waals surface area contributed by atoms with Crippen molar-refractivity contribution in [3.8, 4) is 17.1 Å². The van der Waals surface area contributed by atoms with Crippen LogP contribution in [0.25, 0.3) is 17.1 Å². The minimum Gasteiger partial charge on any atom is -0.382 e. The Morgan fingerprint density at radius 3 is 2.28 bits per heavy atom. The summed E-state index contributed by atoms with van der Waals surface area (Å²) in [4.78, 5) is 14.7. The molecule has 9 nitrogen and oxygen atoms in total. The number of nitrogens with one attached hydrogen (secondary N) is 1. The Bertz CT molecular complexity index is 1190. The first-order chi connectivity index (χ1) is 18.6. The first-order valence-corrected chi connectivity index (χ1v) is 13.8. The van der Waals surface area contributed by atoms with Gasteiger partial charge < -0.3 is 5.73 Å². The summed E-state index contributed by atoms with van der Waals surface area (Å²) in [5, 5.41) is 8.22. The summed E-state index contributed by atoms with van der Waals surface area (Å²) in [6, 6.07) is 13.1. The normalized spacial score (nSPS) is 10.8. The minimum atomic E-state index is 0.339. The highest BCUT2D eigenvalue weighted by atomic mass is 35.5. The molecule has 1 aromatic heterocycles. The zero-order valence-corrected chi connectivity index (χ0v) is 25.5. The van der Waals surface area contributed by atoms with Crippen molar-refractivity contribution in [3.63, 3.8) is 0 Å². The van der Waals surface area contributed by atoms with Crippen molar-refractivity contribution >= 4 is 35.4 Å². The van der Waals surface area contributed by atoms with Crippen LogP contribution in [0.3, 0.4) is 0 Å². The quantitative estimate of drug-likeness (QED) is 0.0938. The predicted octanol–water partition coefficient (Wildman–Crippen LogP) is 5.68. The minimum absolute atomic E-state index is 0.339. The fourth-order valence-electron chi connectivity index (χ4n) is 3.52. The van der Waals surface area contributed by atoms with Gasteiger partial charge in [0.1, 0.15) is 5.82 Å². The van der Waals surface area contributed by atoms with Gasteiger partial charge in [-0.25, -0.2) is 21.0 Å². The molecule has 1 heterocycles. The van der Waals surface area contributed by atoms with Crippen LogP contribution in [-0.4, -0.2) is 52.1 Å². The number of rotatable bonds is 10. The van der Waals surface area contributed by atoms with Crippen molar-refractivity contribution in [2.45, 2.75) is 54.4 Å². The molecule has 0 spiro atoms. The first kappa shape index (κ1) is 33.9. The Kier molecular flexibility index (Phi) is 15.2. The van der Waals surface area contributed by atoms with Crippen LogP contribution in [0.4, 0.5) is 0 Å². The van der Waals surface area contributed by atoms with Crippen LogP contribution in [0.1, 0.15) is 57.5 Å². The smallest absolute Gasteiger partial charge is 0.221 e. The molecular weight excluding hydrogens is 535 g/mol. The molecule has 2 aromatic carbocycles. The molecule has 5 N–H and O–H groups in total. The van der Waals surface area contributed by atoms with E-state index in [0.717, 1.165) is 66.4 Å². The average Bonchev–Trinajstić information content (AvgIpc) is 3.21. The standard InChI is InChI=1S/C19H20Cl2N6.C7H16N2O.C2H6/c1-11-12(2)27(19(24-11)16-9-6-14(20)10-17(16)21)15-7-4-13(5-8-15)18(22)25-26(3)23;1-3-5-6-9(4-2)8-7-10;1-2/h4-10H,23H2,1-3H3,(H2,22,25);7H,3-6H2,1-2H3,(H,8,10);1-2H3. The highest BCUT2D eigenvalue weighted by Gasteiger charge is 2.17. The second kappa shape index (κ2) is 17.5. The van der Waals surface area contributed by atoms with Crippen LogP contribution >= 0.6 is 23.2 Å². The second-order valence-electron chi connectivity index (χ2n) is 8.35. The number of amides is 1. The van der Waals surface area contributed by atoms with E-state index in [0.29, 0.717) is 15.9 Å². The van der Waals surface area contributed by atoms with Crippen LogP contribution in [0.5, 0.6) is 0 Å². The van der Waals surface area contributed by atoms with Crippen LogP contribution in [0, 0.1) is 13.8 Å². The number of carbonyl (C=O) groups is 1. The van der Waals surface area contributed by atoms with Crippen molar-refractivity contribution in [1.29, 1.82) is 0 Å². The zero-order chi connectivity index (χ0) is 29.5. The van der Waals surface area contributed by atoms with Gasteiger partial charge >= 0.3 is 0 Å². The third-order valence-electron chi connectivity index (χ3n) is 5.60. The van der Waals surface area contributed by atoms with Crippen molar-refractivity contribution < 1.29 is 4.79 Å². The summed E-state index contributed by atoms with van der Waals surface area (Å²) < 4.78 is 2.05. The number of aromatic nitrogens is 2. The number of aryl methyl sites for hydroxylation is 1. The van der Waals surface area contributed by atoms with E-state index >= 15 is 0 Å². The van der Waals surface area contributed by atoms with Crippen LogP contribution in [0.15, 0.2) is 47.6 Å². The van der Waals surface area contributed by atoms with Crippen molar-refractivity contribution in [2.24, 2.45) is 16.7 Å². The summed E-state index contributed by atoms with van der Waals surface area (Å²) in [5.74, 6) is 6.61. The lowest BCUT2D eigenvalue weighted by atomic mass is 10.1. The summed E-state index contributed by atoms with van der Waals surface area (Å²) in [7, 11) is 1.61. The molecule has 0 radical (unpaired) electrons. The van der Waals surface area contributed by atoms with Gasteiger partial charge in [0.15, 0.2) is 5.84 Å². The van der Waals surface area contributed by atoms with E-state index in [1.807, 2.05) is 70.0 Å². The topological polar surface area (TPSA) is 118 Å². The van der Waals surface area contributed by atoms with E-state index in [4.69, 9.17) is 39.8 Å². The molecule has 0 saturated heterocycles. The van der Waals surface area contributed by atoms with Gasteiger partial charge in [0.2, 0.25) is 6.41 Å². The largest absolute Gasteiger partial charge is 0.382 e. The summed E-state index contributed by atoms with van der Waals surface area (Å²) >= 11 is 12.4. The molecule has 11 heteroatoms.